The second kappa shape index (κ2) is 3.98. The minimum atomic E-state index is -0.873. The molecule has 0 unspecified atom stereocenters. The molecule has 2 saturated heterocycles. The van der Waals surface area contributed by atoms with Crippen molar-refractivity contribution < 1.29 is 28.5 Å². The molecule has 21 heavy (non-hydrogen) atoms. The number of hydrogen-bond acceptors (Lipinski definition) is 6. The second-order valence-electron chi connectivity index (χ2n) is 5.48. The van der Waals surface area contributed by atoms with E-state index in [2.05, 4.69) is 0 Å². The van der Waals surface area contributed by atoms with Gasteiger partial charge in [-0.25, -0.2) is 9.59 Å². The first-order valence-corrected chi connectivity index (χ1v) is 6.80. The summed E-state index contributed by atoms with van der Waals surface area (Å²) in [5.74, 6) is -1.31. The molecule has 2 fully saturated rings. The first-order valence-electron chi connectivity index (χ1n) is 6.80. The number of esters is 2. The van der Waals surface area contributed by atoms with Gasteiger partial charge in [-0.1, -0.05) is 12.2 Å². The first kappa shape index (κ1) is 12.6. The van der Waals surface area contributed by atoms with E-state index >= 15 is 0 Å². The summed E-state index contributed by atoms with van der Waals surface area (Å²) in [6, 6.07) is 0. The Kier molecular flexibility index (Phi) is 2.39. The summed E-state index contributed by atoms with van der Waals surface area (Å²) in [5.41, 5.74) is 0.0425. The standard InChI is InChI=1S/C15H14O6/c1-3-7-11-15(21-13(7)17)5-4-8-9(12(16)18-2)6-19-14(20-11)10(8)15/h3-6,8,10-11,14H,1-2H3/b7-3+/t8-,10-,11+,14+,15+/m1/s1. The molecule has 4 rings (SSSR count). The summed E-state index contributed by atoms with van der Waals surface area (Å²) in [4.78, 5) is 23.8. The molecule has 0 aromatic carbocycles. The fourth-order valence-corrected chi connectivity index (χ4v) is 3.74. The SMILES string of the molecule is C/C=C1/C(=O)O[C@]23C=C[C@@H]4C(C(=O)OC)=CO[C@@H](O[C@@H]12)[C@@H]43. The van der Waals surface area contributed by atoms with Gasteiger partial charge in [-0.05, 0) is 13.0 Å². The molecule has 0 aromatic rings. The van der Waals surface area contributed by atoms with Gasteiger partial charge in [-0.2, -0.15) is 0 Å². The van der Waals surface area contributed by atoms with Crippen LogP contribution in [0.1, 0.15) is 6.92 Å². The van der Waals surface area contributed by atoms with Crippen LogP contribution in [0.5, 0.6) is 0 Å². The van der Waals surface area contributed by atoms with Crippen molar-refractivity contribution in [3.63, 3.8) is 0 Å². The maximum atomic E-state index is 12.0. The number of carbonyl (C=O) groups is 2. The fourth-order valence-electron chi connectivity index (χ4n) is 3.74. The molecule has 0 N–H and O–H groups in total. The van der Waals surface area contributed by atoms with Crippen molar-refractivity contribution in [3.8, 4) is 0 Å². The van der Waals surface area contributed by atoms with Crippen molar-refractivity contribution in [2.24, 2.45) is 11.8 Å². The molecule has 0 radical (unpaired) electrons. The molecule has 0 saturated carbocycles. The number of carbonyl (C=O) groups excluding carboxylic acids is 2. The van der Waals surface area contributed by atoms with Crippen molar-refractivity contribution in [3.05, 3.63) is 35.6 Å². The van der Waals surface area contributed by atoms with Gasteiger partial charge in [0.15, 0.2) is 5.60 Å². The third kappa shape index (κ3) is 1.35. The molecule has 4 aliphatic rings. The molecule has 5 atom stereocenters. The Morgan fingerprint density at radius 3 is 3.00 bits per heavy atom. The Bertz CT molecular complexity index is 630. The Morgan fingerprint density at radius 2 is 2.29 bits per heavy atom. The van der Waals surface area contributed by atoms with Gasteiger partial charge in [-0.15, -0.1) is 0 Å². The molecule has 3 aliphatic heterocycles. The molecule has 0 amide bonds. The van der Waals surface area contributed by atoms with E-state index in [1.165, 1.54) is 13.4 Å². The zero-order valence-corrected chi connectivity index (χ0v) is 11.6. The number of rotatable bonds is 1. The van der Waals surface area contributed by atoms with Gasteiger partial charge in [0, 0.05) is 5.92 Å². The zero-order valence-electron chi connectivity index (χ0n) is 11.6. The summed E-state index contributed by atoms with van der Waals surface area (Å²) in [6.45, 7) is 1.77. The second-order valence-corrected chi connectivity index (χ2v) is 5.48. The van der Waals surface area contributed by atoms with Gasteiger partial charge in [0.05, 0.1) is 30.4 Å². The number of methoxy groups -OCH3 is 1. The molecule has 1 aliphatic carbocycles. The molecule has 1 spiro atoms. The molecule has 3 heterocycles. The Hall–Kier alpha value is -2.08. The van der Waals surface area contributed by atoms with Crippen molar-refractivity contribution >= 4 is 11.9 Å². The van der Waals surface area contributed by atoms with Crippen molar-refractivity contribution in [2.45, 2.75) is 24.9 Å². The number of allylic oxidation sites excluding steroid dienone is 2. The molecule has 110 valence electrons. The van der Waals surface area contributed by atoms with E-state index in [0.29, 0.717) is 11.1 Å². The maximum absolute atomic E-state index is 12.0. The molecule has 0 aromatic heterocycles. The highest BCUT2D eigenvalue weighted by Crippen LogP contribution is 2.57. The van der Waals surface area contributed by atoms with Gasteiger partial charge < -0.3 is 18.9 Å². The van der Waals surface area contributed by atoms with E-state index in [9.17, 15) is 9.59 Å². The third-order valence-corrected chi connectivity index (χ3v) is 4.65. The van der Waals surface area contributed by atoms with E-state index < -0.39 is 24.0 Å². The summed E-state index contributed by atoms with van der Waals surface area (Å²) < 4.78 is 21.8. The van der Waals surface area contributed by atoms with Crippen LogP contribution < -0.4 is 0 Å². The Labute approximate surface area is 121 Å². The largest absolute Gasteiger partial charge is 0.471 e. The highest BCUT2D eigenvalue weighted by molar-refractivity contribution is 5.94. The van der Waals surface area contributed by atoms with Gasteiger partial charge in [0.25, 0.3) is 0 Å². The van der Waals surface area contributed by atoms with Crippen LogP contribution in [0.25, 0.3) is 0 Å². The molecule has 0 bridgehead atoms. The Morgan fingerprint density at radius 1 is 1.48 bits per heavy atom. The smallest absolute Gasteiger partial charge is 0.337 e. The zero-order chi connectivity index (χ0) is 14.8. The van der Waals surface area contributed by atoms with Crippen LogP contribution in [0.3, 0.4) is 0 Å². The van der Waals surface area contributed by atoms with Crippen LogP contribution in [0.4, 0.5) is 0 Å². The van der Waals surface area contributed by atoms with E-state index in [-0.39, 0.29) is 17.8 Å². The Balaban J connectivity index is 1.78. The fraction of sp³-hybridized carbons (Fsp3) is 0.467. The topological polar surface area (TPSA) is 71.1 Å². The van der Waals surface area contributed by atoms with Gasteiger partial charge in [-0.3, -0.25) is 0 Å². The van der Waals surface area contributed by atoms with Crippen LogP contribution in [-0.4, -0.2) is 37.0 Å². The van der Waals surface area contributed by atoms with Crippen LogP contribution in [0, 0.1) is 11.8 Å². The van der Waals surface area contributed by atoms with E-state index in [1.807, 2.05) is 12.2 Å². The van der Waals surface area contributed by atoms with Gasteiger partial charge >= 0.3 is 11.9 Å². The summed E-state index contributed by atoms with van der Waals surface area (Å²) in [7, 11) is 1.32. The van der Waals surface area contributed by atoms with Crippen LogP contribution in [-0.2, 0) is 28.5 Å². The lowest BCUT2D eigenvalue weighted by Gasteiger charge is -2.32. The normalized spacial score (nSPS) is 44.0. The maximum Gasteiger partial charge on any atom is 0.337 e. The van der Waals surface area contributed by atoms with Crippen molar-refractivity contribution in [1.82, 2.24) is 0 Å². The van der Waals surface area contributed by atoms with Crippen molar-refractivity contribution in [2.75, 3.05) is 7.11 Å². The predicted molar refractivity (Wildman–Crippen MR) is 68.5 cm³/mol. The lowest BCUT2D eigenvalue weighted by molar-refractivity contribution is -0.152. The highest BCUT2D eigenvalue weighted by Gasteiger charge is 2.70. The molecular weight excluding hydrogens is 276 g/mol. The average Bonchev–Trinajstić information content (AvgIpc) is 3.08. The summed E-state index contributed by atoms with van der Waals surface area (Å²) in [6.07, 6.45) is 5.77. The van der Waals surface area contributed by atoms with Crippen molar-refractivity contribution in [1.29, 1.82) is 0 Å². The molecule has 6 heteroatoms. The first-order chi connectivity index (χ1) is 10.1. The van der Waals surface area contributed by atoms with E-state index in [0.717, 1.165) is 0 Å². The summed E-state index contributed by atoms with van der Waals surface area (Å²) in [5, 5.41) is 0. The van der Waals surface area contributed by atoms with Gasteiger partial charge in [0.2, 0.25) is 6.29 Å². The van der Waals surface area contributed by atoms with E-state index in [1.54, 1.807) is 13.0 Å². The monoisotopic (exact) mass is 290 g/mol. The third-order valence-electron chi connectivity index (χ3n) is 4.65. The quantitative estimate of drug-likeness (QED) is 0.405. The van der Waals surface area contributed by atoms with Crippen LogP contribution >= 0.6 is 0 Å². The van der Waals surface area contributed by atoms with Crippen LogP contribution in [0.15, 0.2) is 35.6 Å². The highest BCUT2D eigenvalue weighted by atomic mass is 16.7. The minimum absolute atomic E-state index is 0.231. The van der Waals surface area contributed by atoms with Crippen LogP contribution in [0.2, 0.25) is 0 Å². The number of ether oxygens (including phenoxy) is 4. The summed E-state index contributed by atoms with van der Waals surface area (Å²) >= 11 is 0. The lowest BCUT2D eigenvalue weighted by Crippen LogP contribution is -2.43. The van der Waals surface area contributed by atoms with E-state index in [4.69, 9.17) is 18.9 Å². The van der Waals surface area contributed by atoms with Gasteiger partial charge in [0.1, 0.15) is 6.10 Å². The lowest BCUT2D eigenvalue weighted by atomic mass is 9.78. The minimum Gasteiger partial charge on any atom is -0.471 e. The molecule has 6 nitrogen and oxygen atoms in total. The number of hydrogen-bond donors (Lipinski definition) is 0. The average molecular weight is 290 g/mol. The molecular formula is C15H14O6. The predicted octanol–water partition coefficient (Wildman–Crippen LogP) is 0.842.